The predicted molar refractivity (Wildman–Crippen MR) is 67.3 cm³/mol. The average molecular weight is 265 g/mol. The van der Waals surface area contributed by atoms with Crippen molar-refractivity contribution < 1.29 is 14.6 Å². The number of carbonyl (C=O) groups excluding carboxylic acids is 1. The second-order valence-corrected chi connectivity index (χ2v) is 4.65. The second kappa shape index (κ2) is 5.01. The Morgan fingerprint density at radius 2 is 2.22 bits per heavy atom. The minimum absolute atomic E-state index is 0.145. The molecule has 2 aromatic rings. The maximum atomic E-state index is 11.9. The van der Waals surface area contributed by atoms with Crippen LogP contribution in [0, 0.1) is 6.92 Å². The van der Waals surface area contributed by atoms with Gasteiger partial charge in [0, 0.05) is 6.07 Å². The number of aromatic hydroxyl groups is 1. The fourth-order valence-electron chi connectivity index (χ4n) is 1.34. The van der Waals surface area contributed by atoms with E-state index in [2.05, 4.69) is 15.5 Å². The molecule has 0 aliphatic heterocycles. The van der Waals surface area contributed by atoms with E-state index in [1.165, 1.54) is 30.6 Å². The van der Waals surface area contributed by atoms with Crippen molar-refractivity contribution in [2.45, 2.75) is 6.92 Å². The van der Waals surface area contributed by atoms with Gasteiger partial charge in [0.05, 0.1) is 12.7 Å². The number of rotatable bonds is 3. The Morgan fingerprint density at radius 3 is 2.78 bits per heavy atom. The Hall–Kier alpha value is -2.15. The van der Waals surface area contributed by atoms with Crippen molar-refractivity contribution in [2.24, 2.45) is 0 Å². The molecule has 7 heteroatoms. The van der Waals surface area contributed by atoms with Crippen molar-refractivity contribution in [1.29, 1.82) is 0 Å². The van der Waals surface area contributed by atoms with Crippen LogP contribution in [0.3, 0.4) is 0 Å². The number of benzene rings is 1. The number of amides is 1. The monoisotopic (exact) mass is 265 g/mol. The summed E-state index contributed by atoms with van der Waals surface area (Å²) in [7, 11) is 1.48. The number of nitrogens with zero attached hydrogens (tertiary/aromatic N) is 2. The lowest BCUT2D eigenvalue weighted by Crippen LogP contribution is -2.11. The molecule has 94 valence electrons. The van der Waals surface area contributed by atoms with E-state index in [4.69, 9.17) is 4.74 Å². The maximum Gasteiger partial charge on any atom is 0.261 e. The molecule has 0 fully saturated rings. The number of hydrogen-bond acceptors (Lipinski definition) is 6. The molecule has 2 rings (SSSR count). The van der Waals surface area contributed by atoms with E-state index in [0.717, 1.165) is 5.01 Å². The lowest BCUT2D eigenvalue weighted by atomic mass is 10.2. The van der Waals surface area contributed by atoms with E-state index in [9.17, 15) is 9.90 Å². The van der Waals surface area contributed by atoms with E-state index in [1.54, 1.807) is 13.0 Å². The molecule has 0 spiro atoms. The summed E-state index contributed by atoms with van der Waals surface area (Å²) in [5.41, 5.74) is 0.156. The molecule has 0 radical (unpaired) electrons. The van der Waals surface area contributed by atoms with Crippen LogP contribution in [0.25, 0.3) is 0 Å². The molecular formula is C11H11N3O3S. The predicted octanol–water partition coefficient (Wildman–Crippen LogP) is 1.81. The van der Waals surface area contributed by atoms with Gasteiger partial charge in [0.1, 0.15) is 16.5 Å². The first-order valence-corrected chi connectivity index (χ1v) is 5.90. The third-order valence-electron chi connectivity index (χ3n) is 2.20. The molecule has 6 nitrogen and oxygen atoms in total. The Labute approximate surface area is 107 Å². The Morgan fingerprint density at radius 1 is 1.44 bits per heavy atom. The molecule has 1 amide bonds. The minimum atomic E-state index is -0.439. The smallest absolute Gasteiger partial charge is 0.261 e. The molecule has 2 N–H and O–H groups in total. The quantitative estimate of drug-likeness (QED) is 0.884. The average Bonchev–Trinajstić information content (AvgIpc) is 2.74. The number of methoxy groups -OCH3 is 1. The van der Waals surface area contributed by atoms with Gasteiger partial charge < -0.3 is 9.84 Å². The third-order valence-corrected chi connectivity index (χ3v) is 2.95. The summed E-state index contributed by atoms with van der Waals surface area (Å²) in [5.74, 6) is -0.102. The van der Waals surface area contributed by atoms with E-state index >= 15 is 0 Å². The second-order valence-electron chi connectivity index (χ2n) is 3.46. The van der Waals surface area contributed by atoms with E-state index in [0.29, 0.717) is 10.9 Å². The highest BCUT2D eigenvalue weighted by atomic mass is 32.1. The van der Waals surface area contributed by atoms with Gasteiger partial charge in [-0.15, -0.1) is 10.2 Å². The van der Waals surface area contributed by atoms with E-state index in [-0.39, 0.29) is 11.3 Å². The molecule has 18 heavy (non-hydrogen) atoms. The number of nitrogens with one attached hydrogen (secondary N) is 1. The SMILES string of the molecule is COc1ccc(C(=O)Nc2nnc(C)s2)c(O)c1. The summed E-state index contributed by atoms with van der Waals surface area (Å²) in [6.45, 7) is 1.79. The number of aromatic nitrogens is 2. The Kier molecular flexibility index (Phi) is 3.42. The zero-order valence-corrected chi connectivity index (χ0v) is 10.6. The lowest BCUT2D eigenvalue weighted by molar-refractivity contribution is 0.102. The van der Waals surface area contributed by atoms with Gasteiger partial charge in [-0.1, -0.05) is 11.3 Å². The van der Waals surface area contributed by atoms with Crippen LogP contribution in [0.2, 0.25) is 0 Å². The van der Waals surface area contributed by atoms with Crippen molar-refractivity contribution in [3.8, 4) is 11.5 Å². The molecular weight excluding hydrogens is 254 g/mol. The van der Waals surface area contributed by atoms with Crippen LogP contribution < -0.4 is 10.1 Å². The third kappa shape index (κ3) is 2.57. The molecule has 0 aliphatic carbocycles. The van der Waals surface area contributed by atoms with Gasteiger partial charge in [-0.05, 0) is 19.1 Å². The van der Waals surface area contributed by atoms with Crippen LogP contribution >= 0.6 is 11.3 Å². The number of hydrogen-bond donors (Lipinski definition) is 2. The summed E-state index contributed by atoms with van der Waals surface area (Å²) in [4.78, 5) is 11.9. The zero-order chi connectivity index (χ0) is 13.1. The summed E-state index contributed by atoms with van der Waals surface area (Å²) < 4.78 is 4.94. The molecule has 0 bridgehead atoms. The minimum Gasteiger partial charge on any atom is -0.507 e. The van der Waals surface area contributed by atoms with Crippen molar-refractivity contribution in [3.63, 3.8) is 0 Å². The van der Waals surface area contributed by atoms with Crippen LogP contribution in [-0.4, -0.2) is 28.3 Å². The molecule has 0 atom stereocenters. The fraction of sp³-hybridized carbons (Fsp3) is 0.182. The van der Waals surface area contributed by atoms with Crippen LogP contribution in [0.4, 0.5) is 5.13 Å². The molecule has 0 aliphatic rings. The van der Waals surface area contributed by atoms with Gasteiger partial charge in [0.25, 0.3) is 5.91 Å². The summed E-state index contributed by atoms with van der Waals surface area (Å²) in [5, 5.41) is 21.0. The Bertz CT molecular complexity index is 583. The lowest BCUT2D eigenvalue weighted by Gasteiger charge is -2.05. The van der Waals surface area contributed by atoms with Crippen LogP contribution in [-0.2, 0) is 0 Å². The molecule has 0 saturated heterocycles. The molecule has 1 aromatic carbocycles. The summed E-state index contributed by atoms with van der Waals surface area (Å²) >= 11 is 1.26. The normalized spacial score (nSPS) is 10.1. The van der Waals surface area contributed by atoms with Crippen molar-refractivity contribution in [3.05, 3.63) is 28.8 Å². The number of phenols is 1. The number of ether oxygens (including phenoxy) is 1. The molecule has 1 heterocycles. The van der Waals surface area contributed by atoms with Crippen LogP contribution in [0.1, 0.15) is 15.4 Å². The first-order valence-electron chi connectivity index (χ1n) is 5.08. The molecule has 1 aromatic heterocycles. The first-order chi connectivity index (χ1) is 8.60. The maximum absolute atomic E-state index is 11.9. The molecule has 0 saturated carbocycles. The first kappa shape index (κ1) is 12.3. The van der Waals surface area contributed by atoms with Gasteiger partial charge >= 0.3 is 0 Å². The number of aryl methyl sites for hydroxylation is 1. The number of phenolic OH excluding ortho intramolecular Hbond substituents is 1. The Balaban J connectivity index is 2.18. The van der Waals surface area contributed by atoms with Crippen LogP contribution in [0.15, 0.2) is 18.2 Å². The topological polar surface area (TPSA) is 84.3 Å². The standard InChI is InChI=1S/C11H11N3O3S/c1-6-13-14-11(18-6)12-10(16)8-4-3-7(17-2)5-9(8)15/h3-5,15H,1-2H3,(H,12,14,16). The van der Waals surface area contributed by atoms with Gasteiger partial charge in [0.2, 0.25) is 5.13 Å². The highest BCUT2D eigenvalue weighted by molar-refractivity contribution is 7.15. The highest BCUT2D eigenvalue weighted by Crippen LogP contribution is 2.24. The van der Waals surface area contributed by atoms with Gasteiger partial charge in [-0.3, -0.25) is 10.1 Å². The fourth-order valence-corrected chi connectivity index (χ4v) is 1.93. The number of anilines is 1. The van der Waals surface area contributed by atoms with Gasteiger partial charge in [0.15, 0.2) is 0 Å². The molecule has 0 unspecified atom stereocenters. The summed E-state index contributed by atoms with van der Waals surface area (Å²) in [6, 6.07) is 4.46. The van der Waals surface area contributed by atoms with Crippen LogP contribution in [0.5, 0.6) is 11.5 Å². The van der Waals surface area contributed by atoms with Crippen molar-refractivity contribution >= 4 is 22.4 Å². The van der Waals surface area contributed by atoms with Gasteiger partial charge in [-0.2, -0.15) is 0 Å². The zero-order valence-electron chi connectivity index (χ0n) is 9.80. The van der Waals surface area contributed by atoms with Crippen molar-refractivity contribution in [2.75, 3.05) is 12.4 Å². The highest BCUT2D eigenvalue weighted by Gasteiger charge is 2.13. The summed E-state index contributed by atoms with van der Waals surface area (Å²) in [6.07, 6.45) is 0. The van der Waals surface area contributed by atoms with E-state index in [1.807, 2.05) is 0 Å². The van der Waals surface area contributed by atoms with Crippen molar-refractivity contribution in [1.82, 2.24) is 10.2 Å². The van der Waals surface area contributed by atoms with E-state index < -0.39 is 5.91 Å². The van der Waals surface area contributed by atoms with Gasteiger partial charge in [-0.25, -0.2) is 0 Å². The largest absolute Gasteiger partial charge is 0.507 e. The number of carbonyl (C=O) groups is 1.